The molecule has 6 nitrogen and oxygen atoms in total. The van der Waals surface area contributed by atoms with Crippen molar-refractivity contribution in [2.24, 2.45) is 0 Å². The van der Waals surface area contributed by atoms with E-state index in [1.165, 1.54) is 0 Å². The first-order valence-electron chi connectivity index (χ1n) is 9.11. The minimum absolute atomic E-state index is 0.0707. The molecule has 0 saturated carbocycles. The van der Waals surface area contributed by atoms with Crippen molar-refractivity contribution in [3.63, 3.8) is 0 Å². The molecule has 1 N–H and O–H groups in total. The summed E-state index contributed by atoms with van der Waals surface area (Å²) in [5, 5.41) is 8.18. The highest BCUT2D eigenvalue weighted by atomic mass is 35.5. The number of fused-ring (bicyclic) bond motifs is 1. The molecule has 1 amide bonds. The number of hydrogen-bond donors (Lipinski definition) is 1. The molecule has 0 radical (unpaired) electrons. The normalized spacial score (nSPS) is 11.1. The summed E-state index contributed by atoms with van der Waals surface area (Å²) < 4.78 is 3.77. The molecule has 4 aromatic rings. The molecule has 0 aliphatic carbocycles. The number of halogens is 1. The number of anilines is 1. The molecule has 7 heteroatoms. The van der Waals surface area contributed by atoms with Crippen LogP contribution in [0, 0.1) is 6.92 Å². The van der Waals surface area contributed by atoms with Gasteiger partial charge in [0.2, 0.25) is 11.9 Å². The van der Waals surface area contributed by atoms with Crippen LogP contribution >= 0.6 is 11.6 Å². The van der Waals surface area contributed by atoms with Gasteiger partial charge in [-0.05, 0) is 36.8 Å². The van der Waals surface area contributed by atoms with Crippen molar-refractivity contribution in [2.45, 2.75) is 26.8 Å². The van der Waals surface area contributed by atoms with Crippen molar-refractivity contribution in [3.05, 3.63) is 70.9 Å². The Kier molecular flexibility index (Phi) is 4.88. The number of aryl methyl sites for hydroxylation is 1. The van der Waals surface area contributed by atoms with Crippen molar-refractivity contribution in [1.82, 2.24) is 19.3 Å². The van der Waals surface area contributed by atoms with Crippen LogP contribution < -0.4 is 5.32 Å². The lowest BCUT2D eigenvalue weighted by molar-refractivity contribution is -0.115. The van der Waals surface area contributed by atoms with Gasteiger partial charge in [-0.15, -0.1) is 0 Å². The molecular formula is C21H20ClN5O. The number of hydrogen-bond acceptors (Lipinski definition) is 3. The quantitative estimate of drug-likeness (QED) is 0.539. The lowest BCUT2D eigenvalue weighted by Crippen LogP contribution is -2.16. The third-order valence-electron chi connectivity index (χ3n) is 4.47. The molecular weight excluding hydrogens is 374 g/mol. The van der Waals surface area contributed by atoms with Crippen LogP contribution in [0.15, 0.2) is 54.6 Å². The predicted molar refractivity (Wildman–Crippen MR) is 111 cm³/mol. The van der Waals surface area contributed by atoms with Gasteiger partial charge in [0.1, 0.15) is 5.82 Å². The highest BCUT2D eigenvalue weighted by Crippen LogP contribution is 2.24. The van der Waals surface area contributed by atoms with Crippen LogP contribution in [-0.2, 0) is 11.3 Å². The number of nitrogens with zero attached hydrogens (tertiary/aromatic N) is 4. The third kappa shape index (κ3) is 3.51. The highest BCUT2D eigenvalue weighted by Gasteiger charge is 2.18. The van der Waals surface area contributed by atoms with Crippen molar-refractivity contribution >= 4 is 34.4 Å². The van der Waals surface area contributed by atoms with Gasteiger partial charge >= 0.3 is 0 Å². The summed E-state index contributed by atoms with van der Waals surface area (Å²) in [5.41, 5.74) is 3.70. The average Bonchev–Trinajstić information content (AvgIpc) is 3.22. The van der Waals surface area contributed by atoms with Gasteiger partial charge in [0.25, 0.3) is 0 Å². The summed E-state index contributed by atoms with van der Waals surface area (Å²) >= 11 is 6.17. The van der Waals surface area contributed by atoms with Crippen LogP contribution in [0.2, 0.25) is 5.02 Å². The molecule has 0 spiro atoms. The molecule has 0 aliphatic heterocycles. The van der Waals surface area contributed by atoms with Crippen LogP contribution in [-0.4, -0.2) is 25.2 Å². The van der Waals surface area contributed by atoms with Gasteiger partial charge in [-0.3, -0.25) is 4.79 Å². The van der Waals surface area contributed by atoms with Crippen molar-refractivity contribution in [1.29, 1.82) is 0 Å². The second-order valence-electron chi connectivity index (χ2n) is 6.60. The maximum absolute atomic E-state index is 12.0. The zero-order valence-corrected chi connectivity index (χ0v) is 16.4. The van der Waals surface area contributed by atoms with Crippen LogP contribution in [0.1, 0.15) is 24.6 Å². The molecule has 2 aromatic carbocycles. The first kappa shape index (κ1) is 18.3. The van der Waals surface area contributed by atoms with E-state index in [1.807, 2.05) is 68.4 Å². The van der Waals surface area contributed by atoms with Gasteiger partial charge in [-0.25, -0.2) is 4.98 Å². The fraction of sp³-hybridized carbons (Fsp3) is 0.190. The van der Waals surface area contributed by atoms with Crippen LogP contribution in [0.5, 0.6) is 0 Å². The Morgan fingerprint density at radius 2 is 1.96 bits per heavy atom. The smallest absolute Gasteiger partial charge is 0.234 e. The Morgan fingerprint density at radius 1 is 1.14 bits per heavy atom. The van der Waals surface area contributed by atoms with E-state index in [-0.39, 0.29) is 5.91 Å². The van der Waals surface area contributed by atoms with Crippen LogP contribution in [0.25, 0.3) is 17.0 Å². The van der Waals surface area contributed by atoms with Gasteiger partial charge in [-0.2, -0.15) is 9.78 Å². The van der Waals surface area contributed by atoms with E-state index in [4.69, 9.17) is 16.6 Å². The number of carbonyl (C=O) groups excluding carboxylic acids is 1. The van der Waals surface area contributed by atoms with Crippen LogP contribution in [0.3, 0.4) is 0 Å². The largest absolute Gasteiger partial charge is 0.310 e. The molecule has 4 rings (SSSR count). The maximum atomic E-state index is 12.0. The first-order valence-corrected chi connectivity index (χ1v) is 9.49. The summed E-state index contributed by atoms with van der Waals surface area (Å²) in [6.07, 6.45) is 0.392. The number of imidazole rings is 1. The summed E-state index contributed by atoms with van der Waals surface area (Å²) in [7, 11) is 0. The number of rotatable bonds is 5. The molecule has 0 atom stereocenters. The molecule has 28 heavy (non-hydrogen) atoms. The fourth-order valence-electron chi connectivity index (χ4n) is 3.17. The Hall–Kier alpha value is -3.12. The number of benzene rings is 2. The van der Waals surface area contributed by atoms with Gasteiger partial charge in [-0.1, -0.05) is 42.8 Å². The molecule has 0 saturated heterocycles. The van der Waals surface area contributed by atoms with E-state index in [1.54, 1.807) is 4.68 Å². The fourth-order valence-corrected chi connectivity index (χ4v) is 3.38. The van der Waals surface area contributed by atoms with E-state index in [0.29, 0.717) is 29.8 Å². The SMILES string of the molecule is CCC(=O)Nc1cc(C)nn1-c1nc2ccccc2n1Cc1cccc(Cl)c1. The molecule has 142 valence electrons. The molecule has 0 aliphatic rings. The van der Waals surface area contributed by atoms with E-state index >= 15 is 0 Å². The monoisotopic (exact) mass is 393 g/mol. The molecule has 0 fully saturated rings. The Morgan fingerprint density at radius 3 is 2.75 bits per heavy atom. The lowest BCUT2D eigenvalue weighted by atomic mass is 10.2. The standard InChI is InChI=1S/C21H20ClN5O/c1-3-20(28)24-19-11-14(2)25-27(19)21-23-17-9-4-5-10-18(17)26(21)13-15-7-6-8-16(22)12-15/h4-12H,3,13H2,1-2H3,(H,24,28). The van der Waals surface area contributed by atoms with Gasteiger partial charge < -0.3 is 9.88 Å². The topological polar surface area (TPSA) is 64.7 Å². The van der Waals surface area contributed by atoms with E-state index in [0.717, 1.165) is 22.3 Å². The third-order valence-corrected chi connectivity index (χ3v) is 4.71. The van der Waals surface area contributed by atoms with E-state index in [9.17, 15) is 4.79 Å². The minimum atomic E-state index is -0.0707. The minimum Gasteiger partial charge on any atom is -0.310 e. The van der Waals surface area contributed by atoms with E-state index in [2.05, 4.69) is 15.0 Å². The molecule has 0 unspecified atom stereocenters. The molecule has 2 heterocycles. The predicted octanol–water partition coefficient (Wildman–Crippen LogP) is 4.58. The highest BCUT2D eigenvalue weighted by molar-refractivity contribution is 6.30. The van der Waals surface area contributed by atoms with Gasteiger partial charge in [0.15, 0.2) is 0 Å². The Bertz CT molecular complexity index is 1160. The second kappa shape index (κ2) is 7.48. The summed E-state index contributed by atoms with van der Waals surface area (Å²) in [6.45, 7) is 4.29. The lowest BCUT2D eigenvalue weighted by Gasteiger charge is -2.12. The average molecular weight is 394 g/mol. The second-order valence-corrected chi connectivity index (χ2v) is 7.04. The van der Waals surface area contributed by atoms with Crippen molar-refractivity contribution < 1.29 is 4.79 Å². The van der Waals surface area contributed by atoms with E-state index < -0.39 is 0 Å². The number of carbonyl (C=O) groups is 1. The number of amides is 1. The number of nitrogens with one attached hydrogen (secondary N) is 1. The molecule has 2 aromatic heterocycles. The number of para-hydroxylation sites is 2. The first-order chi connectivity index (χ1) is 13.5. The summed E-state index contributed by atoms with van der Waals surface area (Å²) in [6, 6.07) is 17.5. The molecule has 0 bridgehead atoms. The maximum Gasteiger partial charge on any atom is 0.234 e. The van der Waals surface area contributed by atoms with Gasteiger partial charge in [0.05, 0.1) is 23.3 Å². The zero-order chi connectivity index (χ0) is 19.7. The number of aromatic nitrogens is 4. The van der Waals surface area contributed by atoms with Gasteiger partial charge in [0, 0.05) is 17.5 Å². The summed E-state index contributed by atoms with van der Waals surface area (Å²) in [4.78, 5) is 16.8. The Labute approximate surface area is 167 Å². The van der Waals surface area contributed by atoms with Crippen molar-refractivity contribution in [3.8, 4) is 5.95 Å². The van der Waals surface area contributed by atoms with Crippen molar-refractivity contribution in [2.75, 3.05) is 5.32 Å². The zero-order valence-electron chi connectivity index (χ0n) is 15.7. The summed E-state index contributed by atoms with van der Waals surface area (Å²) in [5.74, 6) is 1.17. The van der Waals surface area contributed by atoms with Crippen LogP contribution in [0.4, 0.5) is 5.82 Å². The Balaban J connectivity index is 1.87.